The van der Waals surface area contributed by atoms with Crippen molar-refractivity contribution in [3.05, 3.63) is 48.5 Å². The Bertz CT molecular complexity index is 818. The molecule has 0 spiro atoms. The Morgan fingerprint density at radius 1 is 0.963 bits per heavy atom. The fourth-order valence-electron chi connectivity index (χ4n) is 2.53. The van der Waals surface area contributed by atoms with Crippen molar-refractivity contribution in [1.82, 2.24) is 0 Å². The van der Waals surface area contributed by atoms with Crippen molar-refractivity contribution < 1.29 is 19.1 Å². The summed E-state index contributed by atoms with van der Waals surface area (Å²) in [6, 6.07) is 13.9. The van der Waals surface area contributed by atoms with E-state index in [4.69, 9.17) is 4.74 Å². The monoisotopic (exact) mass is 369 g/mol. The molecule has 0 saturated heterocycles. The Labute approximate surface area is 158 Å². The third kappa shape index (κ3) is 6.14. The molecular formula is C20H23N3O4. The topological polar surface area (TPSA) is 87.7 Å². The normalized spacial score (nSPS) is 10.0. The van der Waals surface area contributed by atoms with E-state index in [1.54, 1.807) is 55.6 Å². The highest BCUT2D eigenvalue weighted by Crippen LogP contribution is 2.20. The third-order valence-electron chi connectivity index (χ3n) is 3.80. The summed E-state index contributed by atoms with van der Waals surface area (Å²) < 4.78 is 5.13. The lowest BCUT2D eigenvalue weighted by Gasteiger charge is -2.21. The van der Waals surface area contributed by atoms with Crippen LogP contribution in [0.3, 0.4) is 0 Å². The molecule has 0 aliphatic heterocycles. The van der Waals surface area contributed by atoms with E-state index in [1.165, 1.54) is 18.7 Å². The molecule has 3 amide bonds. The van der Waals surface area contributed by atoms with E-state index in [-0.39, 0.29) is 30.7 Å². The van der Waals surface area contributed by atoms with Gasteiger partial charge in [0.1, 0.15) is 5.75 Å². The molecule has 7 heteroatoms. The molecule has 0 aliphatic carbocycles. The quantitative estimate of drug-likeness (QED) is 0.785. The number of anilines is 3. The van der Waals surface area contributed by atoms with Crippen LogP contribution < -0.4 is 20.3 Å². The van der Waals surface area contributed by atoms with Gasteiger partial charge in [-0.25, -0.2) is 0 Å². The highest BCUT2D eigenvalue weighted by Gasteiger charge is 2.14. The van der Waals surface area contributed by atoms with Crippen LogP contribution in [0.4, 0.5) is 17.1 Å². The lowest BCUT2D eigenvalue weighted by molar-refractivity contribution is -0.117. The van der Waals surface area contributed by atoms with E-state index in [2.05, 4.69) is 10.6 Å². The van der Waals surface area contributed by atoms with Crippen molar-refractivity contribution in [3.8, 4) is 5.75 Å². The van der Waals surface area contributed by atoms with Crippen LogP contribution in [-0.4, -0.2) is 31.4 Å². The van der Waals surface area contributed by atoms with Gasteiger partial charge in [0.05, 0.1) is 7.11 Å². The van der Waals surface area contributed by atoms with Crippen LogP contribution in [0, 0.1) is 0 Å². The Morgan fingerprint density at radius 2 is 1.67 bits per heavy atom. The third-order valence-corrected chi connectivity index (χ3v) is 3.80. The second-order valence-corrected chi connectivity index (χ2v) is 5.93. The molecule has 2 rings (SSSR count). The van der Waals surface area contributed by atoms with Gasteiger partial charge < -0.3 is 20.3 Å². The summed E-state index contributed by atoms with van der Waals surface area (Å²) in [5.41, 5.74) is 1.93. The van der Waals surface area contributed by atoms with Gasteiger partial charge in [-0.15, -0.1) is 0 Å². The second-order valence-electron chi connectivity index (χ2n) is 5.93. The highest BCUT2D eigenvalue weighted by molar-refractivity contribution is 5.95. The molecule has 27 heavy (non-hydrogen) atoms. The minimum absolute atomic E-state index is 0.143. The molecule has 0 fully saturated rings. The maximum absolute atomic E-state index is 12.2. The predicted molar refractivity (Wildman–Crippen MR) is 105 cm³/mol. The first kappa shape index (κ1) is 20.0. The SMILES string of the molecule is COc1cccc(NC(=O)CCN(C(C)=O)c2ccc(NC(C)=O)cc2)c1. The van der Waals surface area contributed by atoms with E-state index in [1.807, 2.05) is 0 Å². The van der Waals surface area contributed by atoms with Crippen molar-refractivity contribution in [2.24, 2.45) is 0 Å². The van der Waals surface area contributed by atoms with Crippen LogP contribution in [0.5, 0.6) is 5.75 Å². The predicted octanol–water partition coefficient (Wildman–Crippen LogP) is 3.04. The molecule has 0 saturated carbocycles. The average Bonchev–Trinajstić information content (AvgIpc) is 2.62. The number of amides is 3. The van der Waals surface area contributed by atoms with Gasteiger partial charge in [-0.1, -0.05) is 6.07 Å². The summed E-state index contributed by atoms with van der Waals surface area (Å²) in [5.74, 6) is 0.110. The number of nitrogens with zero attached hydrogens (tertiary/aromatic N) is 1. The van der Waals surface area contributed by atoms with Gasteiger partial charge in [-0.2, -0.15) is 0 Å². The molecule has 142 valence electrons. The number of nitrogens with one attached hydrogen (secondary N) is 2. The number of rotatable bonds is 7. The smallest absolute Gasteiger partial charge is 0.226 e. The maximum Gasteiger partial charge on any atom is 0.226 e. The molecule has 2 N–H and O–H groups in total. The van der Waals surface area contributed by atoms with Crippen molar-refractivity contribution >= 4 is 34.8 Å². The molecule has 0 unspecified atom stereocenters. The zero-order valence-electron chi connectivity index (χ0n) is 15.6. The molecule has 2 aromatic rings. The number of carbonyl (C=O) groups excluding carboxylic acids is 3. The molecule has 7 nitrogen and oxygen atoms in total. The first-order valence-electron chi connectivity index (χ1n) is 8.48. The fraction of sp³-hybridized carbons (Fsp3) is 0.250. The zero-order chi connectivity index (χ0) is 19.8. The van der Waals surface area contributed by atoms with Gasteiger partial charge in [0.25, 0.3) is 0 Å². The number of benzene rings is 2. The molecule has 0 atom stereocenters. The summed E-state index contributed by atoms with van der Waals surface area (Å²) in [4.78, 5) is 36.8. The van der Waals surface area contributed by atoms with Crippen LogP contribution in [0.1, 0.15) is 20.3 Å². The summed E-state index contributed by atoms with van der Waals surface area (Å²) in [6.07, 6.45) is 0.143. The minimum Gasteiger partial charge on any atom is -0.497 e. The Morgan fingerprint density at radius 3 is 2.26 bits per heavy atom. The second kappa shape index (κ2) is 9.38. The summed E-state index contributed by atoms with van der Waals surface area (Å²) >= 11 is 0. The Kier molecular flexibility index (Phi) is 6.93. The molecular weight excluding hydrogens is 346 g/mol. The summed E-state index contributed by atoms with van der Waals surface area (Å²) in [5, 5.41) is 5.46. The van der Waals surface area contributed by atoms with Crippen molar-refractivity contribution in [2.45, 2.75) is 20.3 Å². The largest absolute Gasteiger partial charge is 0.497 e. The number of ether oxygens (including phenoxy) is 1. The number of hydrogen-bond acceptors (Lipinski definition) is 4. The first-order chi connectivity index (χ1) is 12.9. The average molecular weight is 369 g/mol. The van der Waals surface area contributed by atoms with E-state index in [9.17, 15) is 14.4 Å². The van der Waals surface area contributed by atoms with Gasteiger partial charge in [-0.05, 0) is 36.4 Å². The van der Waals surface area contributed by atoms with Gasteiger partial charge in [-0.3, -0.25) is 14.4 Å². The van der Waals surface area contributed by atoms with Crippen LogP contribution >= 0.6 is 0 Å². The van der Waals surface area contributed by atoms with Crippen LogP contribution in [0.25, 0.3) is 0 Å². The highest BCUT2D eigenvalue weighted by atomic mass is 16.5. The number of hydrogen-bond donors (Lipinski definition) is 2. The lowest BCUT2D eigenvalue weighted by atomic mass is 10.2. The van der Waals surface area contributed by atoms with E-state index < -0.39 is 0 Å². The Balaban J connectivity index is 1.98. The van der Waals surface area contributed by atoms with Crippen LogP contribution in [0.2, 0.25) is 0 Å². The van der Waals surface area contributed by atoms with Gasteiger partial charge >= 0.3 is 0 Å². The summed E-state index contributed by atoms with van der Waals surface area (Å²) in [7, 11) is 1.56. The molecule has 2 aromatic carbocycles. The maximum atomic E-state index is 12.2. The van der Waals surface area contributed by atoms with E-state index in [0.29, 0.717) is 22.8 Å². The van der Waals surface area contributed by atoms with Crippen molar-refractivity contribution in [2.75, 3.05) is 29.2 Å². The standard InChI is InChI=1S/C20H23N3O4/c1-14(24)21-16-7-9-18(10-8-16)23(15(2)25)12-11-20(26)22-17-5-4-6-19(13-17)27-3/h4-10,13H,11-12H2,1-3H3,(H,21,24)(H,22,26). The molecule has 0 aromatic heterocycles. The lowest BCUT2D eigenvalue weighted by Crippen LogP contribution is -2.31. The molecule has 0 aliphatic rings. The minimum atomic E-state index is -0.204. The number of methoxy groups -OCH3 is 1. The number of carbonyl (C=O) groups is 3. The zero-order valence-corrected chi connectivity index (χ0v) is 15.6. The molecule has 0 bridgehead atoms. The van der Waals surface area contributed by atoms with Gasteiger partial charge in [0, 0.05) is 49.9 Å². The molecule has 0 radical (unpaired) electrons. The van der Waals surface area contributed by atoms with Crippen LogP contribution in [0.15, 0.2) is 48.5 Å². The van der Waals surface area contributed by atoms with Gasteiger partial charge in [0.15, 0.2) is 0 Å². The van der Waals surface area contributed by atoms with Crippen LogP contribution in [-0.2, 0) is 14.4 Å². The van der Waals surface area contributed by atoms with Gasteiger partial charge in [0.2, 0.25) is 17.7 Å². The summed E-state index contributed by atoms with van der Waals surface area (Å²) in [6.45, 7) is 3.11. The van der Waals surface area contributed by atoms with E-state index >= 15 is 0 Å². The van der Waals surface area contributed by atoms with Crippen molar-refractivity contribution in [1.29, 1.82) is 0 Å². The fourth-order valence-corrected chi connectivity index (χ4v) is 2.53. The van der Waals surface area contributed by atoms with Crippen molar-refractivity contribution in [3.63, 3.8) is 0 Å². The first-order valence-corrected chi connectivity index (χ1v) is 8.48. The van der Waals surface area contributed by atoms with E-state index in [0.717, 1.165) is 0 Å². The molecule has 0 heterocycles. The Hall–Kier alpha value is -3.35.